The first-order valence-electron chi connectivity index (χ1n) is 17.2. The number of halogens is 1. The van der Waals surface area contributed by atoms with Crippen LogP contribution in [0.4, 0.5) is 0 Å². The number of benzene rings is 7. The highest BCUT2D eigenvalue weighted by Crippen LogP contribution is 2.44. The van der Waals surface area contributed by atoms with Crippen LogP contribution in [0.5, 0.6) is 0 Å². The second-order valence-electron chi connectivity index (χ2n) is 15.6. The molecule has 0 spiro atoms. The topological polar surface area (TPSA) is 9.86 Å². The van der Waals surface area contributed by atoms with Gasteiger partial charge in [0.25, 0.3) is 0 Å². The van der Waals surface area contributed by atoms with Gasteiger partial charge >= 0.3 is 0 Å². The summed E-state index contributed by atoms with van der Waals surface area (Å²) in [6, 6.07) is 47.5. The van der Waals surface area contributed by atoms with Gasteiger partial charge in [0, 0.05) is 32.3 Å². The molecule has 0 fully saturated rings. The average Bonchev–Trinajstić information content (AvgIpc) is 3.60. The van der Waals surface area contributed by atoms with E-state index in [0.29, 0.717) is 0 Å². The summed E-state index contributed by atoms with van der Waals surface area (Å²) >= 11 is 4.25. The molecule has 2 heterocycles. The maximum atomic E-state index is 4.25. The fourth-order valence-electron chi connectivity index (χ4n) is 7.85. The van der Waals surface area contributed by atoms with E-state index < -0.39 is 0 Å². The minimum Gasteiger partial charge on any atom is -0.307 e. The largest absolute Gasteiger partial charge is 0.307 e. The Balaban J connectivity index is 1.41. The van der Waals surface area contributed by atoms with Crippen LogP contribution in [0, 0.1) is 0 Å². The fourth-order valence-corrected chi connectivity index (χ4v) is 8.47. The Labute approximate surface area is 295 Å². The zero-order valence-electron chi connectivity index (χ0n) is 28.9. The molecular weight excluding hydrogens is 660 g/mol. The smallest absolute Gasteiger partial charge is 0.0656 e. The summed E-state index contributed by atoms with van der Waals surface area (Å²) in [6.07, 6.45) is 0. The lowest BCUT2D eigenvalue weighted by atomic mass is 9.86. The molecule has 49 heavy (non-hydrogen) atoms. The number of fused-ring (bicyclic) bond motifs is 10. The van der Waals surface area contributed by atoms with Crippen molar-refractivity contribution < 1.29 is 0 Å². The molecule has 3 heteroatoms. The Kier molecular flexibility index (Phi) is 6.52. The van der Waals surface area contributed by atoms with Crippen LogP contribution in [0.2, 0.25) is 0 Å². The van der Waals surface area contributed by atoms with Gasteiger partial charge in [-0.25, -0.2) is 0 Å². The molecule has 0 saturated carbocycles. The SMILES string of the molecule is CC(C)(C)c1ccc2c(c1)c1ccc3ccccc3c1n2-c1cccc(-n2c3ccc(C(C)(C)C)cc3c3ccc4ccccc4c32)c1Br. The highest BCUT2D eigenvalue weighted by atomic mass is 79.9. The van der Waals surface area contributed by atoms with Gasteiger partial charge < -0.3 is 9.13 Å². The molecule has 0 aliphatic rings. The maximum Gasteiger partial charge on any atom is 0.0656 e. The quantitative estimate of drug-likeness (QED) is 0.170. The Morgan fingerprint density at radius 3 is 1.27 bits per heavy atom. The van der Waals surface area contributed by atoms with E-state index in [1.165, 1.54) is 76.3 Å². The van der Waals surface area contributed by atoms with Gasteiger partial charge in [-0.1, -0.05) is 133 Å². The van der Waals surface area contributed by atoms with E-state index in [1.54, 1.807) is 0 Å². The standard InChI is InChI=1S/C46H39BrN2/c1-45(2,3)30-20-24-38-36(26-30)34-22-18-28-12-7-9-14-32(28)43(34)48(38)40-16-11-17-41(42(40)47)49-39-25-21-31(46(4,5)6)27-37(39)35-23-19-29-13-8-10-15-33(29)44(35)49/h7-27H,1-6H3. The van der Waals surface area contributed by atoms with E-state index in [9.17, 15) is 0 Å². The van der Waals surface area contributed by atoms with Gasteiger partial charge in [-0.15, -0.1) is 0 Å². The molecule has 0 bridgehead atoms. The van der Waals surface area contributed by atoms with Gasteiger partial charge in [0.1, 0.15) is 0 Å². The van der Waals surface area contributed by atoms with Crippen LogP contribution in [0.1, 0.15) is 52.7 Å². The number of hydrogen-bond donors (Lipinski definition) is 0. The molecule has 7 aromatic carbocycles. The maximum absolute atomic E-state index is 4.25. The van der Waals surface area contributed by atoms with E-state index >= 15 is 0 Å². The minimum atomic E-state index is 0.0477. The zero-order chi connectivity index (χ0) is 33.8. The van der Waals surface area contributed by atoms with Gasteiger partial charge in [-0.3, -0.25) is 0 Å². The van der Waals surface area contributed by atoms with Crippen molar-refractivity contribution in [3.8, 4) is 11.4 Å². The van der Waals surface area contributed by atoms with Gasteiger partial charge in [-0.2, -0.15) is 0 Å². The molecule has 0 saturated heterocycles. The summed E-state index contributed by atoms with van der Waals surface area (Å²) in [5.74, 6) is 0. The number of nitrogens with zero attached hydrogens (tertiary/aromatic N) is 2. The lowest BCUT2D eigenvalue weighted by Crippen LogP contribution is -2.10. The molecular formula is C46H39BrN2. The second kappa shape index (κ2) is 10.6. The molecule has 0 N–H and O–H groups in total. The highest BCUT2D eigenvalue weighted by molar-refractivity contribution is 9.10. The third-order valence-electron chi connectivity index (χ3n) is 10.5. The summed E-state index contributed by atoms with van der Waals surface area (Å²) in [7, 11) is 0. The Morgan fingerprint density at radius 2 is 0.837 bits per heavy atom. The molecule has 9 aromatic rings. The third-order valence-corrected chi connectivity index (χ3v) is 11.3. The van der Waals surface area contributed by atoms with Crippen molar-refractivity contribution in [1.82, 2.24) is 9.13 Å². The van der Waals surface area contributed by atoms with Crippen LogP contribution in [-0.4, -0.2) is 9.13 Å². The fraction of sp³-hybridized carbons (Fsp3) is 0.174. The van der Waals surface area contributed by atoms with Crippen LogP contribution in [0.15, 0.2) is 132 Å². The monoisotopic (exact) mass is 698 g/mol. The summed E-state index contributed by atoms with van der Waals surface area (Å²) in [4.78, 5) is 0. The predicted octanol–water partition coefficient (Wildman–Crippen LogP) is 13.5. The number of rotatable bonds is 2. The van der Waals surface area contributed by atoms with Crippen LogP contribution in [0.3, 0.4) is 0 Å². The molecule has 0 amide bonds. The Morgan fingerprint density at radius 1 is 0.408 bits per heavy atom. The molecule has 0 radical (unpaired) electrons. The van der Waals surface area contributed by atoms with Crippen molar-refractivity contribution in [2.75, 3.05) is 0 Å². The molecule has 0 aliphatic carbocycles. The summed E-state index contributed by atoms with van der Waals surface area (Å²) in [6.45, 7) is 13.8. The van der Waals surface area contributed by atoms with Crippen LogP contribution in [-0.2, 0) is 10.8 Å². The molecule has 2 aromatic heterocycles. The van der Waals surface area contributed by atoms with Crippen molar-refractivity contribution in [2.45, 2.75) is 52.4 Å². The Hall–Kier alpha value is -4.86. The predicted molar refractivity (Wildman–Crippen MR) is 215 cm³/mol. The second-order valence-corrected chi connectivity index (χ2v) is 16.4. The van der Waals surface area contributed by atoms with Crippen LogP contribution in [0.25, 0.3) is 76.5 Å². The van der Waals surface area contributed by atoms with Crippen molar-refractivity contribution in [3.05, 3.63) is 143 Å². The first-order chi connectivity index (χ1) is 23.5. The van der Waals surface area contributed by atoms with E-state index in [0.717, 1.165) is 15.8 Å². The van der Waals surface area contributed by atoms with E-state index in [2.05, 4.69) is 194 Å². The zero-order valence-corrected chi connectivity index (χ0v) is 30.5. The van der Waals surface area contributed by atoms with Crippen molar-refractivity contribution >= 4 is 81.1 Å². The van der Waals surface area contributed by atoms with Crippen molar-refractivity contribution in [1.29, 1.82) is 0 Å². The minimum absolute atomic E-state index is 0.0477. The molecule has 0 aliphatic heterocycles. The number of aromatic nitrogens is 2. The number of hydrogen-bond acceptors (Lipinski definition) is 0. The molecule has 240 valence electrons. The van der Waals surface area contributed by atoms with Gasteiger partial charge in [0.15, 0.2) is 0 Å². The van der Waals surface area contributed by atoms with Gasteiger partial charge in [0.05, 0.1) is 37.9 Å². The average molecular weight is 700 g/mol. The lowest BCUT2D eigenvalue weighted by Gasteiger charge is -2.20. The molecule has 9 rings (SSSR count). The first-order valence-corrected chi connectivity index (χ1v) is 18.0. The van der Waals surface area contributed by atoms with Gasteiger partial charge in [-0.05, 0) is 85.1 Å². The Bertz CT molecular complexity index is 2610. The summed E-state index contributed by atoms with van der Waals surface area (Å²) in [5, 5.41) is 10.1. The van der Waals surface area contributed by atoms with E-state index in [4.69, 9.17) is 0 Å². The molecule has 2 nitrogen and oxygen atoms in total. The van der Waals surface area contributed by atoms with Crippen LogP contribution < -0.4 is 0 Å². The summed E-state index contributed by atoms with van der Waals surface area (Å²) in [5.41, 5.74) is 9.91. The van der Waals surface area contributed by atoms with Crippen molar-refractivity contribution in [3.63, 3.8) is 0 Å². The van der Waals surface area contributed by atoms with Gasteiger partial charge in [0.2, 0.25) is 0 Å². The lowest BCUT2D eigenvalue weighted by molar-refractivity contribution is 0.591. The molecule has 0 atom stereocenters. The van der Waals surface area contributed by atoms with E-state index in [-0.39, 0.29) is 10.8 Å². The third kappa shape index (κ3) is 4.52. The van der Waals surface area contributed by atoms with Crippen molar-refractivity contribution in [2.24, 2.45) is 0 Å². The molecule has 0 unspecified atom stereocenters. The highest BCUT2D eigenvalue weighted by Gasteiger charge is 2.24. The van der Waals surface area contributed by atoms with Crippen LogP contribution >= 0.6 is 15.9 Å². The summed E-state index contributed by atoms with van der Waals surface area (Å²) < 4.78 is 6.03. The normalized spacial score (nSPS) is 12.8. The van der Waals surface area contributed by atoms with E-state index in [1.807, 2.05) is 0 Å². The first kappa shape index (κ1) is 30.2.